The van der Waals surface area contributed by atoms with E-state index >= 15 is 0 Å². The van der Waals surface area contributed by atoms with Crippen molar-refractivity contribution in [3.8, 4) is 22.5 Å². The summed E-state index contributed by atoms with van der Waals surface area (Å²) in [5.41, 5.74) is 4.49. The van der Waals surface area contributed by atoms with Crippen LogP contribution in [-0.4, -0.2) is 51.1 Å². The first kappa shape index (κ1) is 32.3. The molecule has 0 unspecified atom stereocenters. The van der Waals surface area contributed by atoms with Crippen LogP contribution in [0.5, 0.6) is 0 Å². The maximum atomic E-state index is 13.9. The third-order valence-corrected chi connectivity index (χ3v) is 10.7. The molecular weight excluding hydrogens is 597 g/mol. The Kier molecular flexibility index (Phi) is 8.59. The van der Waals surface area contributed by atoms with Crippen molar-refractivity contribution in [1.29, 1.82) is 0 Å². The Morgan fingerprint density at radius 2 is 1.70 bits per heavy atom. The second-order valence-electron chi connectivity index (χ2n) is 13.2. The summed E-state index contributed by atoms with van der Waals surface area (Å²) in [5.74, 6) is -0.632. The molecule has 2 bridgehead atoms. The Morgan fingerprint density at radius 1 is 0.979 bits per heavy atom. The fourth-order valence-electron chi connectivity index (χ4n) is 7.80. The van der Waals surface area contributed by atoms with Gasteiger partial charge in [0, 0.05) is 60.0 Å². The second-order valence-corrected chi connectivity index (χ2v) is 13.2. The van der Waals surface area contributed by atoms with E-state index < -0.39 is 0 Å². The third-order valence-electron chi connectivity index (χ3n) is 10.7. The highest BCUT2D eigenvalue weighted by atomic mass is 19.1. The maximum absolute atomic E-state index is 13.9. The number of esters is 1. The summed E-state index contributed by atoms with van der Waals surface area (Å²) in [6, 6.07) is 16.8. The minimum atomic E-state index is -0.383. The van der Waals surface area contributed by atoms with Crippen molar-refractivity contribution in [2.24, 2.45) is 23.2 Å². The molecule has 4 atom stereocenters. The largest absolute Gasteiger partial charge is 0.469 e. The van der Waals surface area contributed by atoms with Crippen molar-refractivity contribution in [3.05, 3.63) is 77.6 Å². The smallest absolute Gasteiger partial charge is 0.310 e. The molecule has 246 valence electrons. The van der Waals surface area contributed by atoms with E-state index in [4.69, 9.17) is 9.15 Å². The molecule has 0 aliphatic heterocycles. The number of anilines is 1. The van der Waals surface area contributed by atoms with Gasteiger partial charge in [-0.3, -0.25) is 14.4 Å². The van der Waals surface area contributed by atoms with E-state index in [0.717, 1.165) is 36.3 Å². The molecule has 3 aromatic carbocycles. The quantitative estimate of drug-likeness (QED) is 0.190. The summed E-state index contributed by atoms with van der Waals surface area (Å²) >= 11 is 0. The third kappa shape index (κ3) is 5.55. The number of halogens is 1. The summed E-state index contributed by atoms with van der Waals surface area (Å²) in [4.78, 5) is 42.1. The van der Waals surface area contributed by atoms with Crippen molar-refractivity contribution < 1.29 is 27.9 Å². The minimum absolute atomic E-state index is 0.0399. The Hall–Kier alpha value is -4.66. The lowest BCUT2D eigenvalue weighted by atomic mass is 9.45. The fraction of sp³-hybridized carbons (Fsp3) is 0.395. The van der Waals surface area contributed by atoms with E-state index in [9.17, 15) is 18.8 Å². The first-order valence-corrected chi connectivity index (χ1v) is 16.3. The van der Waals surface area contributed by atoms with Crippen molar-refractivity contribution in [1.82, 2.24) is 10.6 Å². The molecule has 1 heterocycles. The van der Waals surface area contributed by atoms with Crippen LogP contribution in [0.15, 0.2) is 65.1 Å². The Labute approximate surface area is 274 Å². The molecule has 0 radical (unpaired) electrons. The van der Waals surface area contributed by atoms with Crippen LogP contribution in [0, 0.1) is 29.0 Å². The summed E-state index contributed by atoms with van der Waals surface area (Å²) < 4.78 is 25.2. The normalized spacial score (nSPS) is 21.1. The van der Waals surface area contributed by atoms with Gasteiger partial charge in [-0.1, -0.05) is 26.0 Å². The van der Waals surface area contributed by atoms with Gasteiger partial charge in [-0.2, -0.15) is 0 Å². The number of hydrogen-bond acceptors (Lipinski definition) is 6. The molecule has 2 amide bonds. The number of methoxy groups -OCH3 is 1. The number of nitrogens with zero attached hydrogens (tertiary/aromatic N) is 1. The van der Waals surface area contributed by atoms with Gasteiger partial charge in [0.1, 0.15) is 17.2 Å². The highest BCUT2D eigenvalue weighted by Gasteiger charge is 2.60. The van der Waals surface area contributed by atoms with Gasteiger partial charge in [0.05, 0.1) is 18.6 Å². The first-order valence-electron chi connectivity index (χ1n) is 16.3. The van der Waals surface area contributed by atoms with E-state index in [-0.39, 0.29) is 46.9 Å². The minimum Gasteiger partial charge on any atom is -0.469 e. The van der Waals surface area contributed by atoms with Crippen molar-refractivity contribution in [2.75, 3.05) is 32.1 Å². The molecule has 7 rings (SSSR count). The Morgan fingerprint density at radius 3 is 2.34 bits per heavy atom. The fourth-order valence-corrected chi connectivity index (χ4v) is 7.80. The molecule has 3 fully saturated rings. The zero-order chi connectivity index (χ0) is 33.6. The zero-order valence-corrected chi connectivity index (χ0v) is 27.8. The number of carbonyl (C=O) groups excluding carboxylic acids is 3. The van der Waals surface area contributed by atoms with E-state index in [1.54, 1.807) is 25.2 Å². The molecule has 2 N–H and O–H groups in total. The number of carbonyl (C=O) groups is 3. The van der Waals surface area contributed by atoms with Crippen LogP contribution >= 0.6 is 0 Å². The predicted octanol–water partition coefficient (Wildman–Crippen LogP) is 7.07. The summed E-state index contributed by atoms with van der Waals surface area (Å²) in [7, 11) is 2.96. The number of fused-ring (bicyclic) bond motifs is 3. The van der Waals surface area contributed by atoms with Gasteiger partial charge < -0.3 is 24.7 Å². The Balaban J connectivity index is 1.43. The van der Waals surface area contributed by atoms with Crippen molar-refractivity contribution in [2.45, 2.75) is 46.6 Å². The first-order chi connectivity index (χ1) is 22.5. The monoisotopic (exact) mass is 639 g/mol. The second kappa shape index (κ2) is 12.5. The molecule has 0 saturated heterocycles. The molecule has 3 aliphatic rings. The van der Waals surface area contributed by atoms with Gasteiger partial charge in [0.15, 0.2) is 0 Å². The van der Waals surface area contributed by atoms with E-state index in [1.165, 1.54) is 19.2 Å². The molecule has 3 aliphatic carbocycles. The van der Waals surface area contributed by atoms with Gasteiger partial charge in [-0.15, -0.1) is 0 Å². The lowest BCUT2D eigenvalue weighted by Gasteiger charge is -2.61. The van der Waals surface area contributed by atoms with Gasteiger partial charge in [0.2, 0.25) is 0 Å². The maximum Gasteiger partial charge on any atom is 0.310 e. The number of hydrogen-bond donors (Lipinski definition) is 2. The van der Waals surface area contributed by atoms with Gasteiger partial charge in [0.25, 0.3) is 11.8 Å². The van der Waals surface area contributed by atoms with Crippen molar-refractivity contribution >= 4 is 34.4 Å². The molecule has 1 aromatic heterocycles. The number of rotatable bonds is 9. The van der Waals surface area contributed by atoms with Gasteiger partial charge in [-0.05, 0) is 92.0 Å². The van der Waals surface area contributed by atoms with Crippen molar-refractivity contribution in [3.63, 3.8) is 0 Å². The number of ether oxygens (including phenoxy) is 1. The van der Waals surface area contributed by atoms with Crippen LogP contribution in [0.1, 0.15) is 61.3 Å². The van der Waals surface area contributed by atoms with Crippen LogP contribution in [0.4, 0.5) is 10.1 Å². The molecule has 4 aromatic rings. The predicted molar refractivity (Wildman–Crippen MR) is 181 cm³/mol. The van der Waals surface area contributed by atoms with E-state index in [2.05, 4.69) is 43.2 Å². The van der Waals surface area contributed by atoms with E-state index in [1.807, 2.05) is 30.3 Å². The zero-order valence-electron chi connectivity index (χ0n) is 27.8. The van der Waals surface area contributed by atoms with E-state index in [0.29, 0.717) is 45.8 Å². The molecule has 47 heavy (non-hydrogen) atoms. The number of amides is 2. The van der Waals surface area contributed by atoms with Crippen LogP contribution in [0.3, 0.4) is 0 Å². The van der Waals surface area contributed by atoms with Crippen LogP contribution in [0.2, 0.25) is 0 Å². The average Bonchev–Trinajstić information content (AvgIpc) is 3.46. The number of benzene rings is 3. The molecule has 3 saturated carbocycles. The van der Waals surface area contributed by atoms with Crippen LogP contribution in [0.25, 0.3) is 33.4 Å². The van der Waals surface area contributed by atoms with Gasteiger partial charge in [-0.25, -0.2) is 4.39 Å². The number of nitrogens with one attached hydrogen (secondary N) is 2. The molecule has 9 heteroatoms. The highest BCUT2D eigenvalue weighted by molar-refractivity contribution is 6.13. The highest BCUT2D eigenvalue weighted by Crippen LogP contribution is 2.60. The van der Waals surface area contributed by atoms with Crippen LogP contribution < -0.4 is 15.5 Å². The SMILES string of the molecule is CCN(CC)c1cc2oc(-c3ccc(F)cc3)c(C(=O)NC)c2cc1-c1cccc(C(=O)N[C@H]2[C@H]3C[C@@H](C[C@H]2C(=O)OC)C3(C)C)c1. The van der Waals surface area contributed by atoms with Crippen LogP contribution in [-0.2, 0) is 9.53 Å². The average molecular weight is 640 g/mol. The summed E-state index contributed by atoms with van der Waals surface area (Å²) in [6.07, 6.45) is 1.68. The number of furan rings is 1. The molecular formula is C38H42FN3O5. The summed E-state index contributed by atoms with van der Waals surface area (Å²) in [5, 5.41) is 6.55. The van der Waals surface area contributed by atoms with Gasteiger partial charge >= 0.3 is 5.97 Å². The Bertz CT molecular complexity index is 1840. The molecule has 0 spiro atoms. The lowest BCUT2D eigenvalue weighted by Crippen LogP contribution is -2.64. The lowest BCUT2D eigenvalue weighted by molar-refractivity contribution is -0.164. The standard InChI is InChI=1S/C38H42FN3O5/c1-7-42(8-2)30-20-31-27(32(36(44)40-5)34(47-31)21-12-14-25(39)15-13-21)19-26(30)22-10-9-11-23(16-22)35(43)41-33-28(37(45)46-6)17-24-18-29(33)38(24,3)4/h9-16,19-20,24,28-29,33H,7-8,17-18H2,1-6H3,(H,40,44)(H,41,43)/t24-,28-,29-,33-/m1/s1. The summed E-state index contributed by atoms with van der Waals surface area (Å²) in [6.45, 7) is 10.0. The molecule has 8 nitrogen and oxygen atoms in total. The topological polar surface area (TPSA) is 101 Å².